The second-order valence-electron chi connectivity index (χ2n) is 5.11. The van der Waals surface area contributed by atoms with Gasteiger partial charge >= 0.3 is 0 Å². The molecule has 0 saturated carbocycles. The van der Waals surface area contributed by atoms with Crippen molar-refractivity contribution in [3.8, 4) is 17.3 Å². The van der Waals surface area contributed by atoms with Crippen LogP contribution in [0.25, 0.3) is 23.0 Å². The molecule has 0 aliphatic carbocycles. The summed E-state index contributed by atoms with van der Waals surface area (Å²) in [5, 5.41) is 10.0. The summed E-state index contributed by atoms with van der Waals surface area (Å²) in [5.74, 6) is 0.567. The smallest absolute Gasteiger partial charge is 0.289 e. The van der Waals surface area contributed by atoms with Crippen molar-refractivity contribution < 1.29 is 9.52 Å². The molecular weight excluding hydrogens is 274 g/mol. The first-order valence-corrected chi connectivity index (χ1v) is 7.05. The average Bonchev–Trinajstić information content (AvgIpc) is 3.13. The maximum Gasteiger partial charge on any atom is 0.289 e. The van der Waals surface area contributed by atoms with Crippen LogP contribution in [-0.4, -0.2) is 11.3 Å². The van der Waals surface area contributed by atoms with E-state index in [0.717, 1.165) is 22.4 Å². The maximum absolute atomic E-state index is 10.0. The normalized spacial score (nSPS) is 14.5. The maximum atomic E-state index is 10.0. The van der Waals surface area contributed by atoms with Gasteiger partial charge in [-0.25, -0.2) is 0 Å². The SMILES string of the molecule is Oc1oc(-c2ccccc2)cc1/C=C1\C=Nc2ccccc21. The molecule has 1 aliphatic heterocycles. The van der Waals surface area contributed by atoms with Crippen LogP contribution in [0.15, 0.2) is 70.1 Å². The molecule has 0 atom stereocenters. The lowest BCUT2D eigenvalue weighted by Crippen LogP contribution is -1.79. The number of rotatable bonds is 2. The Morgan fingerprint density at radius 3 is 2.59 bits per heavy atom. The number of aromatic hydroxyl groups is 1. The third-order valence-corrected chi connectivity index (χ3v) is 3.67. The van der Waals surface area contributed by atoms with Gasteiger partial charge in [-0.05, 0) is 18.2 Å². The zero-order valence-corrected chi connectivity index (χ0v) is 11.7. The van der Waals surface area contributed by atoms with E-state index in [1.165, 1.54) is 0 Å². The molecule has 0 radical (unpaired) electrons. The molecule has 22 heavy (non-hydrogen) atoms. The van der Waals surface area contributed by atoms with Crippen molar-refractivity contribution in [2.75, 3.05) is 0 Å². The van der Waals surface area contributed by atoms with Crippen molar-refractivity contribution in [3.63, 3.8) is 0 Å². The lowest BCUT2D eigenvalue weighted by atomic mass is 10.0. The van der Waals surface area contributed by atoms with E-state index >= 15 is 0 Å². The number of furan rings is 1. The minimum Gasteiger partial charge on any atom is -0.480 e. The van der Waals surface area contributed by atoms with Crippen molar-refractivity contribution in [1.82, 2.24) is 0 Å². The molecule has 0 amide bonds. The Balaban J connectivity index is 1.75. The second kappa shape index (κ2) is 5.04. The number of allylic oxidation sites excluding steroid dienone is 1. The molecule has 2 aromatic carbocycles. The van der Waals surface area contributed by atoms with Gasteiger partial charge in [-0.2, -0.15) is 0 Å². The number of nitrogens with zero attached hydrogens (tertiary/aromatic N) is 1. The zero-order chi connectivity index (χ0) is 14.9. The molecule has 1 N–H and O–H groups in total. The van der Waals surface area contributed by atoms with Gasteiger partial charge in [-0.3, -0.25) is 4.99 Å². The van der Waals surface area contributed by atoms with Crippen molar-refractivity contribution in [2.45, 2.75) is 0 Å². The van der Waals surface area contributed by atoms with E-state index in [1.54, 1.807) is 6.21 Å². The lowest BCUT2D eigenvalue weighted by Gasteiger charge is -1.97. The Kier molecular flexibility index (Phi) is 2.90. The first-order valence-electron chi connectivity index (χ1n) is 7.05. The van der Waals surface area contributed by atoms with E-state index in [1.807, 2.05) is 66.7 Å². The fourth-order valence-electron chi connectivity index (χ4n) is 2.57. The minimum atomic E-state index is -0.0795. The average molecular weight is 287 g/mol. The van der Waals surface area contributed by atoms with Crippen LogP contribution in [0.3, 0.4) is 0 Å². The molecule has 0 fully saturated rings. The highest BCUT2D eigenvalue weighted by molar-refractivity contribution is 6.21. The summed E-state index contributed by atoms with van der Waals surface area (Å²) in [5.41, 5.74) is 4.55. The molecule has 106 valence electrons. The Morgan fingerprint density at radius 1 is 0.955 bits per heavy atom. The van der Waals surface area contributed by atoms with Crippen molar-refractivity contribution in [3.05, 3.63) is 71.8 Å². The Morgan fingerprint density at radius 2 is 1.73 bits per heavy atom. The Bertz CT molecular complexity index is 889. The van der Waals surface area contributed by atoms with E-state index in [-0.39, 0.29) is 5.95 Å². The van der Waals surface area contributed by atoms with Gasteiger partial charge < -0.3 is 9.52 Å². The Hall–Kier alpha value is -3.07. The van der Waals surface area contributed by atoms with E-state index in [0.29, 0.717) is 11.3 Å². The number of hydrogen-bond acceptors (Lipinski definition) is 3. The molecule has 4 rings (SSSR count). The molecule has 0 saturated heterocycles. The van der Waals surface area contributed by atoms with E-state index in [4.69, 9.17) is 4.42 Å². The quantitative estimate of drug-likeness (QED) is 0.728. The van der Waals surface area contributed by atoms with Crippen LogP contribution in [-0.2, 0) is 0 Å². The highest BCUT2D eigenvalue weighted by atomic mass is 16.5. The van der Waals surface area contributed by atoms with E-state index in [2.05, 4.69) is 4.99 Å². The van der Waals surface area contributed by atoms with Gasteiger partial charge in [-0.1, -0.05) is 48.5 Å². The van der Waals surface area contributed by atoms with Gasteiger partial charge in [0, 0.05) is 22.9 Å². The third kappa shape index (κ3) is 2.13. The van der Waals surface area contributed by atoms with Gasteiger partial charge in [0.05, 0.1) is 11.3 Å². The van der Waals surface area contributed by atoms with Crippen molar-refractivity contribution in [1.29, 1.82) is 0 Å². The highest BCUT2D eigenvalue weighted by Gasteiger charge is 2.14. The molecule has 3 heteroatoms. The van der Waals surface area contributed by atoms with Gasteiger partial charge in [-0.15, -0.1) is 0 Å². The lowest BCUT2D eigenvalue weighted by molar-refractivity contribution is 0.337. The highest BCUT2D eigenvalue weighted by Crippen LogP contribution is 2.36. The van der Waals surface area contributed by atoms with Gasteiger partial charge in [0.15, 0.2) is 0 Å². The summed E-state index contributed by atoms with van der Waals surface area (Å²) >= 11 is 0. The number of para-hydroxylation sites is 1. The monoisotopic (exact) mass is 287 g/mol. The number of aliphatic imine (C=N–C) groups is 1. The topological polar surface area (TPSA) is 45.7 Å². The van der Waals surface area contributed by atoms with E-state index in [9.17, 15) is 5.11 Å². The van der Waals surface area contributed by atoms with Crippen LogP contribution in [0.5, 0.6) is 5.95 Å². The molecular formula is C19H13NO2. The third-order valence-electron chi connectivity index (χ3n) is 3.67. The summed E-state index contributed by atoms with van der Waals surface area (Å²) in [7, 11) is 0. The fraction of sp³-hybridized carbons (Fsp3) is 0. The molecule has 1 aliphatic rings. The van der Waals surface area contributed by atoms with E-state index < -0.39 is 0 Å². The summed E-state index contributed by atoms with van der Waals surface area (Å²) in [4.78, 5) is 4.37. The van der Waals surface area contributed by atoms with Gasteiger partial charge in [0.1, 0.15) is 5.76 Å². The predicted molar refractivity (Wildman–Crippen MR) is 88.3 cm³/mol. The summed E-state index contributed by atoms with van der Waals surface area (Å²) in [6.07, 6.45) is 3.69. The minimum absolute atomic E-state index is 0.0795. The number of fused-ring (bicyclic) bond motifs is 1. The molecule has 3 aromatic rings. The summed E-state index contributed by atoms with van der Waals surface area (Å²) in [6.45, 7) is 0. The predicted octanol–water partition coefficient (Wildman–Crippen LogP) is 4.91. The first kappa shape index (κ1) is 12.7. The standard InChI is InChI=1S/C19H13NO2/c21-19-14(11-18(22-19)13-6-2-1-3-7-13)10-15-12-20-17-9-5-4-8-16(15)17/h1-12,21H/b15-10+. The molecule has 0 spiro atoms. The van der Waals surface area contributed by atoms with Crippen molar-refractivity contribution >= 4 is 23.6 Å². The van der Waals surface area contributed by atoms with Crippen LogP contribution in [0.2, 0.25) is 0 Å². The number of benzene rings is 2. The second-order valence-corrected chi connectivity index (χ2v) is 5.11. The van der Waals surface area contributed by atoms with Crippen LogP contribution in [0.4, 0.5) is 5.69 Å². The molecule has 3 nitrogen and oxygen atoms in total. The molecule has 2 heterocycles. The van der Waals surface area contributed by atoms with Crippen LogP contribution >= 0.6 is 0 Å². The molecule has 0 unspecified atom stereocenters. The first-order chi connectivity index (χ1) is 10.8. The fourth-order valence-corrected chi connectivity index (χ4v) is 2.57. The van der Waals surface area contributed by atoms with Crippen molar-refractivity contribution in [2.24, 2.45) is 4.99 Å². The van der Waals surface area contributed by atoms with Crippen LogP contribution < -0.4 is 0 Å². The molecule has 0 bridgehead atoms. The molecule has 1 aromatic heterocycles. The summed E-state index contributed by atoms with van der Waals surface area (Å²) in [6, 6.07) is 19.5. The van der Waals surface area contributed by atoms with Crippen LogP contribution in [0, 0.1) is 0 Å². The van der Waals surface area contributed by atoms with Gasteiger partial charge in [0.2, 0.25) is 0 Å². The van der Waals surface area contributed by atoms with Gasteiger partial charge in [0.25, 0.3) is 5.95 Å². The Labute approximate surface area is 127 Å². The number of hydrogen-bond donors (Lipinski definition) is 1. The summed E-state index contributed by atoms with van der Waals surface area (Å²) < 4.78 is 5.47. The zero-order valence-electron chi connectivity index (χ0n) is 11.7. The van der Waals surface area contributed by atoms with Crippen LogP contribution in [0.1, 0.15) is 11.1 Å². The largest absolute Gasteiger partial charge is 0.480 e.